The lowest BCUT2D eigenvalue weighted by atomic mass is 10.2. The van der Waals surface area contributed by atoms with Crippen LogP contribution in [0.5, 0.6) is 5.88 Å². The summed E-state index contributed by atoms with van der Waals surface area (Å²) in [6.45, 7) is 4.83. The highest BCUT2D eigenvalue weighted by Gasteiger charge is 2.08. The summed E-state index contributed by atoms with van der Waals surface area (Å²) < 4.78 is 18.4. The molecule has 1 aromatic carbocycles. The lowest BCUT2D eigenvalue weighted by Gasteiger charge is -2.11. The quantitative estimate of drug-likeness (QED) is 0.781. The molecule has 0 atom stereocenters. The number of nitrogens with zero attached hydrogens (tertiary/aromatic N) is 3. The summed E-state index contributed by atoms with van der Waals surface area (Å²) in [5, 5.41) is 4.12. The first-order chi connectivity index (χ1) is 11.2. The van der Waals surface area contributed by atoms with Gasteiger partial charge < -0.3 is 10.1 Å². The highest BCUT2D eigenvalue weighted by Crippen LogP contribution is 2.23. The van der Waals surface area contributed by atoms with Gasteiger partial charge in [-0.05, 0) is 31.5 Å². The smallest absolute Gasteiger partial charge is 0.214 e. The standard InChI is InChI=1S/C17H17FN4O/c1-3-23-16-8-14-15(10-19-16)21-11(2)22-17(14)20-9-12-4-6-13(18)7-5-12/h4-8,10H,3,9H2,1-2H3,(H,20,21,22). The minimum absolute atomic E-state index is 0.246. The summed E-state index contributed by atoms with van der Waals surface area (Å²) in [7, 11) is 0. The van der Waals surface area contributed by atoms with Crippen molar-refractivity contribution in [3.63, 3.8) is 0 Å². The third-order valence-corrected chi connectivity index (χ3v) is 3.33. The summed E-state index contributed by atoms with van der Waals surface area (Å²) >= 11 is 0. The first kappa shape index (κ1) is 15.1. The molecule has 0 aliphatic heterocycles. The monoisotopic (exact) mass is 312 g/mol. The molecule has 118 valence electrons. The molecule has 0 aliphatic carbocycles. The molecule has 0 saturated carbocycles. The van der Waals surface area contributed by atoms with Gasteiger partial charge in [-0.1, -0.05) is 12.1 Å². The third-order valence-electron chi connectivity index (χ3n) is 3.33. The van der Waals surface area contributed by atoms with E-state index in [2.05, 4.69) is 20.3 Å². The van der Waals surface area contributed by atoms with Crippen LogP contribution in [0.15, 0.2) is 36.5 Å². The number of aromatic nitrogens is 3. The first-order valence-electron chi connectivity index (χ1n) is 7.41. The molecule has 0 saturated heterocycles. The van der Waals surface area contributed by atoms with Crippen LogP contribution >= 0.6 is 0 Å². The summed E-state index contributed by atoms with van der Waals surface area (Å²) in [5.74, 6) is 1.66. The van der Waals surface area contributed by atoms with Gasteiger partial charge in [-0.2, -0.15) is 0 Å². The van der Waals surface area contributed by atoms with Gasteiger partial charge in [-0.25, -0.2) is 19.3 Å². The number of pyridine rings is 1. The number of halogens is 1. The van der Waals surface area contributed by atoms with Crippen LogP contribution in [0, 0.1) is 12.7 Å². The molecule has 6 heteroatoms. The second kappa shape index (κ2) is 6.56. The van der Waals surface area contributed by atoms with E-state index in [-0.39, 0.29) is 5.82 Å². The van der Waals surface area contributed by atoms with Crippen molar-refractivity contribution in [1.82, 2.24) is 15.0 Å². The second-order valence-electron chi connectivity index (χ2n) is 5.07. The number of hydrogen-bond acceptors (Lipinski definition) is 5. The molecule has 0 amide bonds. The molecule has 0 radical (unpaired) electrons. The van der Waals surface area contributed by atoms with E-state index >= 15 is 0 Å². The maximum atomic E-state index is 13.0. The number of nitrogens with one attached hydrogen (secondary N) is 1. The molecular weight excluding hydrogens is 295 g/mol. The van der Waals surface area contributed by atoms with Gasteiger partial charge in [0, 0.05) is 18.0 Å². The van der Waals surface area contributed by atoms with Crippen molar-refractivity contribution >= 4 is 16.7 Å². The predicted molar refractivity (Wildman–Crippen MR) is 87.0 cm³/mol. The maximum Gasteiger partial charge on any atom is 0.214 e. The molecule has 2 aromatic heterocycles. The van der Waals surface area contributed by atoms with Gasteiger partial charge in [0.2, 0.25) is 5.88 Å². The van der Waals surface area contributed by atoms with Crippen LogP contribution in [0.2, 0.25) is 0 Å². The van der Waals surface area contributed by atoms with Crippen LogP contribution in [0.3, 0.4) is 0 Å². The largest absolute Gasteiger partial charge is 0.478 e. The first-order valence-corrected chi connectivity index (χ1v) is 7.41. The lowest BCUT2D eigenvalue weighted by Crippen LogP contribution is -2.05. The van der Waals surface area contributed by atoms with Crippen molar-refractivity contribution in [2.45, 2.75) is 20.4 Å². The minimum atomic E-state index is -0.246. The van der Waals surface area contributed by atoms with Gasteiger partial charge in [0.15, 0.2) is 0 Å². The molecule has 2 heterocycles. The van der Waals surface area contributed by atoms with Crippen LogP contribution in [-0.4, -0.2) is 21.6 Å². The predicted octanol–water partition coefficient (Wildman–Crippen LogP) is 3.48. The molecule has 0 fully saturated rings. The summed E-state index contributed by atoms with van der Waals surface area (Å²) in [5.41, 5.74) is 1.72. The third kappa shape index (κ3) is 3.53. The van der Waals surface area contributed by atoms with E-state index in [0.717, 1.165) is 16.5 Å². The Hall–Kier alpha value is -2.76. The molecule has 0 aliphatic rings. The molecular formula is C17H17FN4O. The molecule has 23 heavy (non-hydrogen) atoms. The van der Waals surface area contributed by atoms with Crippen molar-refractivity contribution in [2.75, 3.05) is 11.9 Å². The van der Waals surface area contributed by atoms with Gasteiger partial charge >= 0.3 is 0 Å². The maximum absolute atomic E-state index is 13.0. The zero-order chi connectivity index (χ0) is 16.2. The van der Waals surface area contributed by atoms with Crippen LogP contribution in [0.25, 0.3) is 10.9 Å². The number of benzene rings is 1. The highest BCUT2D eigenvalue weighted by atomic mass is 19.1. The Bertz CT molecular complexity index is 821. The molecule has 0 unspecified atom stereocenters. The van der Waals surface area contributed by atoms with E-state index in [0.29, 0.717) is 30.7 Å². The molecule has 3 rings (SSSR count). The van der Waals surface area contributed by atoms with Gasteiger partial charge in [0.25, 0.3) is 0 Å². The number of rotatable bonds is 5. The molecule has 1 N–H and O–H groups in total. The second-order valence-corrected chi connectivity index (χ2v) is 5.07. The fraction of sp³-hybridized carbons (Fsp3) is 0.235. The van der Waals surface area contributed by atoms with Gasteiger partial charge in [0.1, 0.15) is 17.5 Å². The average Bonchev–Trinajstić information content (AvgIpc) is 2.54. The van der Waals surface area contributed by atoms with Crippen LogP contribution in [0.4, 0.5) is 10.2 Å². The lowest BCUT2D eigenvalue weighted by molar-refractivity contribution is 0.327. The van der Waals surface area contributed by atoms with Crippen molar-refractivity contribution < 1.29 is 9.13 Å². The topological polar surface area (TPSA) is 59.9 Å². The fourth-order valence-electron chi connectivity index (χ4n) is 2.28. The summed E-state index contributed by atoms with van der Waals surface area (Å²) in [4.78, 5) is 13.1. The Labute approximate surface area is 133 Å². The van der Waals surface area contributed by atoms with E-state index in [1.807, 2.05) is 19.9 Å². The van der Waals surface area contributed by atoms with Crippen molar-refractivity contribution in [2.24, 2.45) is 0 Å². The Kier molecular flexibility index (Phi) is 4.32. The molecule has 5 nitrogen and oxygen atoms in total. The Morgan fingerprint density at radius 3 is 2.70 bits per heavy atom. The van der Waals surface area contributed by atoms with Gasteiger partial charge in [0.05, 0.1) is 18.3 Å². The zero-order valence-electron chi connectivity index (χ0n) is 13.0. The zero-order valence-corrected chi connectivity index (χ0v) is 13.0. The highest BCUT2D eigenvalue weighted by molar-refractivity contribution is 5.89. The van der Waals surface area contributed by atoms with E-state index in [1.54, 1.807) is 18.3 Å². The van der Waals surface area contributed by atoms with Crippen LogP contribution < -0.4 is 10.1 Å². The average molecular weight is 312 g/mol. The van der Waals surface area contributed by atoms with Crippen molar-refractivity contribution in [1.29, 1.82) is 0 Å². The minimum Gasteiger partial charge on any atom is -0.478 e. The Morgan fingerprint density at radius 2 is 1.96 bits per heavy atom. The van der Waals surface area contributed by atoms with E-state index in [1.165, 1.54) is 12.1 Å². The molecule has 0 bridgehead atoms. The number of fused-ring (bicyclic) bond motifs is 1. The number of hydrogen-bond donors (Lipinski definition) is 1. The summed E-state index contributed by atoms with van der Waals surface area (Å²) in [6.07, 6.45) is 1.68. The molecule has 0 spiro atoms. The van der Waals surface area contributed by atoms with Crippen molar-refractivity contribution in [3.05, 3.63) is 53.7 Å². The van der Waals surface area contributed by atoms with Crippen LogP contribution in [-0.2, 0) is 6.54 Å². The number of anilines is 1. The molecule has 3 aromatic rings. The SMILES string of the molecule is CCOc1cc2c(NCc3ccc(F)cc3)nc(C)nc2cn1. The number of ether oxygens (including phenoxy) is 1. The number of aryl methyl sites for hydroxylation is 1. The Morgan fingerprint density at radius 1 is 1.17 bits per heavy atom. The van der Waals surface area contributed by atoms with E-state index in [9.17, 15) is 4.39 Å². The Balaban J connectivity index is 1.91. The van der Waals surface area contributed by atoms with Gasteiger partial charge in [-0.15, -0.1) is 0 Å². The normalized spacial score (nSPS) is 10.7. The van der Waals surface area contributed by atoms with Crippen LogP contribution in [0.1, 0.15) is 18.3 Å². The van der Waals surface area contributed by atoms with Gasteiger partial charge in [-0.3, -0.25) is 0 Å². The van der Waals surface area contributed by atoms with E-state index in [4.69, 9.17) is 4.74 Å². The summed E-state index contributed by atoms with van der Waals surface area (Å²) in [6, 6.07) is 8.19. The van der Waals surface area contributed by atoms with E-state index < -0.39 is 0 Å². The van der Waals surface area contributed by atoms with Crippen molar-refractivity contribution in [3.8, 4) is 5.88 Å². The fourth-order valence-corrected chi connectivity index (χ4v) is 2.28.